The molecule has 80 valence electrons. The molecular weight excluding hydrogens is 206 g/mol. The predicted octanol–water partition coefficient (Wildman–Crippen LogP) is 2.48. The molecule has 0 saturated carbocycles. The first-order chi connectivity index (χ1) is 7.33. The molecular formula is C11H15N3S. The zero-order valence-electron chi connectivity index (χ0n) is 8.99. The van der Waals surface area contributed by atoms with Gasteiger partial charge in [-0.15, -0.1) is 11.8 Å². The van der Waals surface area contributed by atoms with Crippen LogP contribution in [-0.2, 0) is 0 Å². The summed E-state index contributed by atoms with van der Waals surface area (Å²) in [5, 5.41) is 18.6. The van der Waals surface area contributed by atoms with Crippen LogP contribution in [0.2, 0.25) is 0 Å². The second kappa shape index (κ2) is 6.37. The second-order valence-corrected chi connectivity index (χ2v) is 4.30. The predicted molar refractivity (Wildman–Crippen MR) is 61.8 cm³/mol. The molecule has 0 atom stereocenters. The number of nitriles is 2. The number of nitrogens with zero attached hydrogens (tertiary/aromatic N) is 3. The molecule has 1 rings (SSSR count). The molecule has 0 bridgehead atoms. The van der Waals surface area contributed by atoms with Gasteiger partial charge in [0.15, 0.2) is 5.57 Å². The lowest BCUT2D eigenvalue weighted by molar-refractivity contribution is 0.381. The zero-order valence-corrected chi connectivity index (χ0v) is 9.81. The molecule has 0 spiro atoms. The number of likely N-dealkylation sites (tertiary alicyclic amines) is 1. The highest BCUT2D eigenvalue weighted by Gasteiger charge is 2.15. The highest BCUT2D eigenvalue weighted by Crippen LogP contribution is 2.24. The quantitative estimate of drug-likeness (QED) is 0.672. The maximum absolute atomic E-state index is 8.86. The van der Waals surface area contributed by atoms with Crippen molar-refractivity contribution in [2.45, 2.75) is 25.7 Å². The molecule has 0 amide bonds. The maximum Gasteiger partial charge on any atom is 0.159 e. The Morgan fingerprint density at radius 2 is 1.60 bits per heavy atom. The molecule has 0 unspecified atom stereocenters. The molecule has 0 aromatic carbocycles. The van der Waals surface area contributed by atoms with E-state index >= 15 is 0 Å². The van der Waals surface area contributed by atoms with Crippen LogP contribution in [0.4, 0.5) is 0 Å². The number of hydrogen-bond acceptors (Lipinski definition) is 4. The third-order valence-electron chi connectivity index (χ3n) is 2.52. The van der Waals surface area contributed by atoms with Gasteiger partial charge in [0.25, 0.3) is 0 Å². The first kappa shape index (κ1) is 11.9. The summed E-state index contributed by atoms with van der Waals surface area (Å²) in [6.45, 7) is 1.95. The monoisotopic (exact) mass is 221 g/mol. The summed E-state index contributed by atoms with van der Waals surface area (Å²) >= 11 is 1.50. The Hall–Kier alpha value is -1.13. The van der Waals surface area contributed by atoms with Crippen molar-refractivity contribution < 1.29 is 0 Å². The summed E-state index contributed by atoms with van der Waals surface area (Å²) in [7, 11) is 0. The molecule has 1 heterocycles. The van der Waals surface area contributed by atoms with Crippen molar-refractivity contribution in [3.8, 4) is 12.1 Å². The van der Waals surface area contributed by atoms with Crippen molar-refractivity contribution in [1.29, 1.82) is 10.5 Å². The van der Waals surface area contributed by atoms with Crippen molar-refractivity contribution in [2.24, 2.45) is 0 Å². The number of thioether (sulfide) groups is 1. The molecule has 0 aliphatic carbocycles. The minimum absolute atomic E-state index is 0.254. The van der Waals surface area contributed by atoms with Crippen LogP contribution in [0.15, 0.2) is 10.6 Å². The SMILES string of the molecule is CSC(=C(C#N)C#N)N1CCCCCC1. The van der Waals surface area contributed by atoms with Crippen LogP contribution in [0.5, 0.6) is 0 Å². The van der Waals surface area contributed by atoms with Gasteiger partial charge < -0.3 is 4.90 Å². The minimum atomic E-state index is 0.254. The summed E-state index contributed by atoms with van der Waals surface area (Å²) in [5.74, 6) is 0. The van der Waals surface area contributed by atoms with Gasteiger partial charge in [-0.25, -0.2) is 0 Å². The topological polar surface area (TPSA) is 50.8 Å². The fourth-order valence-electron chi connectivity index (χ4n) is 1.78. The van der Waals surface area contributed by atoms with Gasteiger partial charge in [0.1, 0.15) is 12.1 Å². The molecule has 1 saturated heterocycles. The lowest BCUT2D eigenvalue weighted by Crippen LogP contribution is -2.23. The molecule has 0 aromatic heterocycles. The Kier molecular flexibility index (Phi) is 5.07. The normalized spacial score (nSPS) is 16.1. The fourth-order valence-corrected chi connectivity index (χ4v) is 2.52. The van der Waals surface area contributed by atoms with Crippen molar-refractivity contribution >= 4 is 11.8 Å². The Labute approximate surface area is 95.4 Å². The standard InChI is InChI=1S/C11H15N3S/c1-15-11(10(8-12)9-13)14-6-4-2-3-5-7-14/h2-7H2,1H3. The van der Waals surface area contributed by atoms with E-state index in [0.29, 0.717) is 0 Å². The van der Waals surface area contributed by atoms with E-state index < -0.39 is 0 Å². The zero-order chi connectivity index (χ0) is 11.1. The van der Waals surface area contributed by atoms with Crippen LogP contribution in [0.25, 0.3) is 0 Å². The third kappa shape index (κ3) is 3.18. The van der Waals surface area contributed by atoms with E-state index in [9.17, 15) is 0 Å². The van der Waals surface area contributed by atoms with E-state index in [1.165, 1.54) is 24.6 Å². The maximum atomic E-state index is 8.86. The van der Waals surface area contributed by atoms with Crippen LogP contribution < -0.4 is 0 Å². The summed E-state index contributed by atoms with van der Waals surface area (Å²) in [4.78, 5) is 2.18. The molecule has 15 heavy (non-hydrogen) atoms. The average molecular weight is 221 g/mol. The first-order valence-corrected chi connectivity index (χ1v) is 6.39. The van der Waals surface area contributed by atoms with E-state index in [4.69, 9.17) is 10.5 Å². The van der Waals surface area contributed by atoms with Crippen LogP contribution in [0.1, 0.15) is 25.7 Å². The third-order valence-corrected chi connectivity index (χ3v) is 3.37. The van der Waals surface area contributed by atoms with Gasteiger partial charge in [0.2, 0.25) is 0 Å². The Bertz CT molecular complexity index is 298. The second-order valence-electron chi connectivity index (χ2n) is 3.51. The van der Waals surface area contributed by atoms with E-state index in [1.54, 1.807) is 0 Å². The lowest BCUT2D eigenvalue weighted by atomic mass is 10.2. The van der Waals surface area contributed by atoms with Gasteiger partial charge in [0, 0.05) is 13.1 Å². The van der Waals surface area contributed by atoms with Gasteiger partial charge in [-0.1, -0.05) is 12.8 Å². The molecule has 4 heteroatoms. The van der Waals surface area contributed by atoms with Crippen LogP contribution in [-0.4, -0.2) is 24.2 Å². The molecule has 1 fully saturated rings. The average Bonchev–Trinajstić information content (AvgIpc) is 2.54. The van der Waals surface area contributed by atoms with Gasteiger partial charge >= 0.3 is 0 Å². The number of hydrogen-bond donors (Lipinski definition) is 0. The highest BCUT2D eigenvalue weighted by molar-refractivity contribution is 8.02. The minimum Gasteiger partial charge on any atom is -0.365 e. The summed E-state index contributed by atoms with van der Waals surface area (Å²) in [6.07, 6.45) is 6.76. The Balaban J connectivity index is 2.86. The molecule has 0 aromatic rings. The van der Waals surface area contributed by atoms with Crippen molar-refractivity contribution in [3.63, 3.8) is 0 Å². The van der Waals surface area contributed by atoms with Gasteiger partial charge in [-0.2, -0.15) is 10.5 Å². The fraction of sp³-hybridized carbons (Fsp3) is 0.636. The number of rotatable bonds is 2. The van der Waals surface area contributed by atoms with E-state index in [-0.39, 0.29) is 5.57 Å². The van der Waals surface area contributed by atoms with Gasteiger partial charge in [-0.05, 0) is 19.1 Å². The van der Waals surface area contributed by atoms with Crippen molar-refractivity contribution in [2.75, 3.05) is 19.3 Å². The van der Waals surface area contributed by atoms with Crippen LogP contribution in [0.3, 0.4) is 0 Å². The highest BCUT2D eigenvalue weighted by atomic mass is 32.2. The van der Waals surface area contributed by atoms with E-state index in [0.717, 1.165) is 31.0 Å². The molecule has 0 N–H and O–H groups in total. The van der Waals surface area contributed by atoms with E-state index in [1.807, 2.05) is 18.4 Å². The van der Waals surface area contributed by atoms with Crippen LogP contribution >= 0.6 is 11.8 Å². The molecule has 0 radical (unpaired) electrons. The summed E-state index contributed by atoms with van der Waals surface area (Å²) < 4.78 is 0. The van der Waals surface area contributed by atoms with Crippen LogP contribution in [0, 0.1) is 22.7 Å². The first-order valence-electron chi connectivity index (χ1n) is 5.17. The van der Waals surface area contributed by atoms with Gasteiger partial charge in [0.05, 0.1) is 5.03 Å². The Morgan fingerprint density at radius 1 is 1.07 bits per heavy atom. The van der Waals surface area contributed by atoms with Crippen molar-refractivity contribution in [1.82, 2.24) is 4.90 Å². The number of allylic oxidation sites excluding steroid dienone is 1. The lowest BCUT2D eigenvalue weighted by Gasteiger charge is -2.24. The molecule has 3 nitrogen and oxygen atoms in total. The molecule has 1 aliphatic rings. The van der Waals surface area contributed by atoms with Crippen molar-refractivity contribution in [3.05, 3.63) is 10.6 Å². The summed E-state index contributed by atoms with van der Waals surface area (Å²) in [5.41, 5.74) is 0.254. The van der Waals surface area contributed by atoms with E-state index in [2.05, 4.69) is 4.90 Å². The smallest absolute Gasteiger partial charge is 0.159 e. The summed E-state index contributed by atoms with van der Waals surface area (Å²) in [6, 6.07) is 3.95. The Morgan fingerprint density at radius 3 is 2.00 bits per heavy atom. The molecule has 1 aliphatic heterocycles. The largest absolute Gasteiger partial charge is 0.365 e. The van der Waals surface area contributed by atoms with Gasteiger partial charge in [-0.3, -0.25) is 0 Å².